The van der Waals surface area contributed by atoms with Gasteiger partial charge in [-0.2, -0.15) is 0 Å². The van der Waals surface area contributed by atoms with Crippen molar-refractivity contribution in [1.29, 1.82) is 0 Å². The van der Waals surface area contributed by atoms with Gasteiger partial charge < -0.3 is 20.3 Å². The highest BCUT2D eigenvalue weighted by Crippen LogP contribution is 2.27. The lowest BCUT2D eigenvalue weighted by molar-refractivity contribution is -0.128. The number of rotatable bonds is 4. The summed E-state index contributed by atoms with van der Waals surface area (Å²) in [6.07, 6.45) is -0.243. The van der Waals surface area contributed by atoms with Gasteiger partial charge >= 0.3 is 6.09 Å². The van der Waals surface area contributed by atoms with Gasteiger partial charge in [0.25, 0.3) is 5.91 Å². The van der Waals surface area contributed by atoms with Gasteiger partial charge in [-0.15, -0.1) is 11.3 Å². The quantitative estimate of drug-likeness (QED) is 0.753. The van der Waals surface area contributed by atoms with E-state index in [2.05, 4.69) is 20.6 Å². The fourth-order valence-electron chi connectivity index (χ4n) is 2.94. The third kappa shape index (κ3) is 5.26. The number of aliphatic imine (C=N–C) groups is 1. The van der Waals surface area contributed by atoms with Crippen LogP contribution in [0.1, 0.15) is 38.3 Å². The van der Waals surface area contributed by atoms with Crippen LogP contribution in [0.4, 0.5) is 10.5 Å². The molecule has 10 heteroatoms. The van der Waals surface area contributed by atoms with Gasteiger partial charge in [-0.1, -0.05) is 18.2 Å². The minimum atomic E-state index is -1.17. The highest BCUT2D eigenvalue weighted by atomic mass is 32.1. The molecule has 164 valence electrons. The van der Waals surface area contributed by atoms with Gasteiger partial charge in [-0.3, -0.25) is 9.59 Å². The highest BCUT2D eigenvalue weighted by Gasteiger charge is 2.33. The second-order valence-corrected chi connectivity index (χ2v) is 8.90. The largest absolute Gasteiger partial charge is 0.444 e. The molecule has 3 amide bonds. The second-order valence-electron chi connectivity index (χ2n) is 8.01. The number of carbonyl (C=O) groups excluding carboxylic acids is 3. The van der Waals surface area contributed by atoms with Crippen LogP contribution in [0.25, 0.3) is 0 Å². The molecule has 1 unspecified atom stereocenters. The number of para-hydroxylation sites is 1. The molecule has 31 heavy (non-hydrogen) atoms. The number of hydrogen-bond donors (Lipinski definition) is 2. The van der Waals surface area contributed by atoms with E-state index < -0.39 is 35.7 Å². The van der Waals surface area contributed by atoms with Gasteiger partial charge in [-0.25, -0.2) is 14.8 Å². The van der Waals surface area contributed by atoms with E-state index in [4.69, 9.17) is 4.74 Å². The normalized spacial score (nSPS) is 17.2. The van der Waals surface area contributed by atoms with E-state index in [1.165, 1.54) is 23.2 Å². The van der Waals surface area contributed by atoms with E-state index in [9.17, 15) is 14.4 Å². The Morgan fingerprint density at radius 2 is 1.97 bits per heavy atom. The molecule has 1 aliphatic heterocycles. The van der Waals surface area contributed by atoms with Gasteiger partial charge in [0.15, 0.2) is 0 Å². The SMILES string of the molecule is C[C@H](NC(=O)OC(C)(C)C)C(=O)NC1N=C(c2nccs2)c2ccccc2N(C)C1=O. The van der Waals surface area contributed by atoms with Gasteiger partial charge in [0, 0.05) is 24.2 Å². The van der Waals surface area contributed by atoms with Crippen LogP contribution in [0.3, 0.4) is 0 Å². The van der Waals surface area contributed by atoms with Crippen LogP contribution in [0.5, 0.6) is 0 Å². The minimum absolute atomic E-state index is 0.406. The zero-order valence-electron chi connectivity index (χ0n) is 18.0. The molecule has 2 heterocycles. The topological polar surface area (TPSA) is 113 Å². The molecule has 0 saturated heterocycles. The average Bonchev–Trinajstić information content (AvgIpc) is 3.19. The number of carbonyl (C=O) groups is 3. The summed E-state index contributed by atoms with van der Waals surface area (Å²) in [6, 6.07) is 6.42. The Balaban J connectivity index is 1.85. The first-order chi connectivity index (χ1) is 14.6. The Labute approximate surface area is 184 Å². The van der Waals surface area contributed by atoms with E-state index >= 15 is 0 Å². The Hall–Kier alpha value is -3.27. The number of alkyl carbamates (subject to hydrolysis) is 1. The number of ether oxygens (including phenoxy) is 1. The van der Waals surface area contributed by atoms with Crippen molar-refractivity contribution in [2.45, 2.75) is 45.5 Å². The smallest absolute Gasteiger partial charge is 0.408 e. The molecule has 2 atom stereocenters. The number of benzodiazepines with no additional fused rings is 1. The summed E-state index contributed by atoms with van der Waals surface area (Å²) >= 11 is 1.39. The predicted molar refractivity (Wildman–Crippen MR) is 118 cm³/mol. The summed E-state index contributed by atoms with van der Waals surface area (Å²) in [7, 11) is 1.63. The fourth-order valence-corrected chi connectivity index (χ4v) is 3.58. The molecule has 9 nitrogen and oxygen atoms in total. The predicted octanol–water partition coefficient (Wildman–Crippen LogP) is 2.31. The molecular formula is C21H25N5O4S. The number of benzene rings is 1. The first-order valence-electron chi connectivity index (χ1n) is 9.71. The van der Waals surface area contributed by atoms with Crippen molar-refractivity contribution in [3.63, 3.8) is 0 Å². The molecular weight excluding hydrogens is 418 g/mol. The summed E-state index contributed by atoms with van der Waals surface area (Å²) in [6.45, 7) is 6.68. The summed E-state index contributed by atoms with van der Waals surface area (Å²) in [5.41, 5.74) is 1.23. The van der Waals surface area contributed by atoms with Gasteiger partial charge in [0.05, 0.1) is 5.69 Å². The van der Waals surface area contributed by atoms with E-state index in [0.717, 1.165) is 5.56 Å². The van der Waals surface area contributed by atoms with Crippen LogP contribution in [0.2, 0.25) is 0 Å². The standard InChI is InChI=1S/C21H25N5O4S/c1-12(23-20(29)30-21(2,3)4)17(27)25-16-19(28)26(5)14-9-7-6-8-13(14)15(24-16)18-22-10-11-31-18/h6-12,16H,1-5H3,(H,23,29)(H,25,27)/t12-,16?/m0/s1. The molecule has 0 saturated carbocycles. The van der Waals surface area contributed by atoms with Crippen LogP contribution in [0.15, 0.2) is 40.8 Å². The molecule has 0 radical (unpaired) electrons. The molecule has 0 fully saturated rings. The Morgan fingerprint density at radius 3 is 2.61 bits per heavy atom. The number of nitrogens with zero attached hydrogens (tertiary/aromatic N) is 3. The van der Waals surface area contributed by atoms with E-state index in [1.54, 1.807) is 34.0 Å². The van der Waals surface area contributed by atoms with Crippen molar-refractivity contribution >= 4 is 40.6 Å². The first kappa shape index (κ1) is 22.4. The molecule has 2 aromatic rings. The maximum atomic E-state index is 13.1. The van der Waals surface area contributed by atoms with Crippen LogP contribution in [-0.4, -0.2) is 53.5 Å². The second kappa shape index (κ2) is 8.84. The molecule has 1 aromatic carbocycles. The van der Waals surface area contributed by atoms with Crippen LogP contribution >= 0.6 is 11.3 Å². The third-order valence-corrected chi connectivity index (χ3v) is 5.16. The maximum absolute atomic E-state index is 13.1. The maximum Gasteiger partial charge on any atom is 0.408 e. The number of thiazole rings is 1. The van der Waals surface area contributed by atoms with Crippen molar-refractivity contribution in [1.82, 2.24) is 15.6 Å². The fraction of sp³-hybridized carbons (Fsp3) is 0.381. The third-order valence-electron chi connectivity index (χ3n) is 4.38. The zero-order chi connectivity index (χ0) is 22.8. The Kier molecular flexibility index (Phi) is 6.40. The molecule has 0 spiro atoms. The lowest BCUT2D eigenvalue weighted by atomic mass is 10.1. The lowest BCUT2D eigenvalue weighted by Gasteiger charge is -2.23. The first-order valence-corrected chi connectivity index (χ1v) is 10.6. The Morgan fingerprint density at radius 1 is 1.26 bits per heavy atom. The Bertz CT molecular complexity index is 1010. The molecule has 1 aromatic heterocycles. The van der Waals surface area contributed by atoms with Gasteiger partial charge in [0.2, 0.25) is 12.1 Å². The highest BCUT2D eigenvalue weighted by molar-refractivity contribution is 7.12. The van der Waals surface area contributed by atoms with Crippen molar-refractivity contribution < 1.29 is 19.1 Å². The van der Waals surface area contributed by atoms with Gasteiger partial charge in [-0.05, 0) is 33.8 Å². The average molecular weight is 444 g/mol. The van der Waals surface area contributed by atoms with Crippen molar-refractivity contribution in [2.24, 2.45) is 4.99 Å². The summed E-state index contributed by atoms with van der Waals surface area (Å²) in [5, 5.41) is 7.54. The summed E-state index contributed by atoms with van der Waals surface area (Å²) in [5.74, 6) is -0.970. The van der Waals surface area contributed by atoms with Crippen LogP contribution in [0, 0.1) is 0 Å². The van der Waals surface area contributed by atoms with Crippen molar-refractivity contribution in [3.05, 3.63) is 46.4 Å². The molecule has 2 N–H and O–H groups in total. The lowest BCUT2D eigenvalue weighted by Crippen LogP contribution is -2.52. The van der Waals surface area contributed by atoms with Crippen molar-refractivity contribution in [2.75, 3.05) is 11.9 Å². The number of hydrogen-bond acceptors (Lipinski definition) is 7. The minimum Gasteiger partial charge on any atom is -0.444 e. The molecule has 0 aliphatic carbocycles. The van der Waals surface area contributed by atoms with Gasteiger partial charge in [0.1, 0.15) is 22.4 Å². The summed E-state index contributed by atoms with van der Waals surface area (Å²) in [4.78, 5) is 48.1. The number of amides is 3. The number of nitrogens with one attached hydrogen (secondary N) is 2. The van der Waals surface area contributed by atoms with E-state index in [0.29, 0.717) is 16.4 Å². The van der Waals surface area contributed by atoms with E-state index in [-0.39, 0.29) is 0 Å². The number of fused-ring (bicyclic) bond motifs is 1. The molecule has 0 bridgehead atoms. The summed E-state index contributed by atoms with van der Waals surface area (Å²) < 4.78 is 5.18. The molecule has 3 rings (SSSR count). The monoisotopic (exact) mass is 443 g/mol. The van der Waals surface area contributed by atoms with E-state index in [1.807, 2.05) is 29.6 Å². The number of anilines is 1. The zero-order valence-corrected chi connectivity index (χ0v) is 18.8. The molecule has 1 aliphatic rings. The van der Waals surface area contributed by atoms with Crippen LogP contribution < -0.4 is 15.5 Å². The van der Waals surface area contributed by atoms with Crippen molar-refractivity contribution in [3.8, 4) is 0 Å². The number of likely N-dealkylation sites (N-methyl/N-ethyl adjacent to an activating group) is 1. The number of aromatic nitrogens is 1. The van der Waals surface area contributed by atoms with Crippen LogP contribution in [-0.2, 0) is 14.3 Å².